The monoisotopic (exact) mass is 311 g/mol. The van der Waals surface area contributed by atoms with Gasteiger partial charge in [0.25, 0.3) is 0 Å². The normalized spacial score (nSPS) is 12.1. The molecular weight excluding hydrogens is 301 g/mol. The fourth-order valence-electron chi connectivity index (χ4n) is 1.26. The summed E-state index contributed by atoms with van der Waals surface area (Å²) in [6.45, 7) is 0. The Morgan fingerprint density at radius 3 is 2.37 bits per heavy atom. The summed E-state index contributed by atoms with van der Waals surface area (Å²) < 4.78 is 59.5. The van der Waals surface area contributed by atoms with Crippen molar-refractivity contribution in [3.8, 4) is 0 Å². The number of nitrogens with one attached hydrogen (secondary N) is 1. The second-order valence-corrected chi connectivity index (χ2v) is 7.98. The zero-order valence-electron chi connectivity index (χ0n) is 9.62. The second kappa shape index (κ2) is 5.13. The molecule has 0 saturated carbocycles. The average molecular weight is 311 g/mol. The Balaban J connectivity index is 3.17. The van der Waals surface area contributed by atoms with Gasteiger partial charge in [0, 0.05) is 6.26 Å². The summed E-state index contributed by atoms with van der Waals surface area (Å²) in [5.74, 6) is -2.40. The number of hydrogen-bond donors (Lipinski definition) is 2. The van der Waals surface area contributed by atoms with E-state index in [9.17, 15) is 26.0 Å². The Morgan fingerprint density at radius 1 is 1.32 bits per heavy atom. The molecule has 0 aliphatic rings. The smallest absolute Gasteiger partial charge is 0.337 e. The number of carbonyl (C=O) groups is 1. The van der Waals surface area contributed by atoms with Gasteiger partial charge in [-0.25, -0.2) is 26.0 Å². The average Bonchev–Trinajstić information content (AvgIpc) is 2.16. The molecule has 0 aromatic heterocycles. The molecule has 1 aromatic rings. The number of benzene rings is 1. The molecule has 0 unspecified atom stereocenters. The van der Waals surface area contributed by atoms with Crippen LogP contribution in [-0.2, 0) is 19.9 Å². The highest BCUT2D eigenvalue weighted by molar-refractivity contribution is 8.08. The van der Waals surface area contributed by atoms with E-state index in [0.717, 1.165) is 18.4 Å². The molecule has 7 nitrogen and oxygen atoms in total. The van der Waals surface area contributed by atoms with E-state index in [1.807, 2.05) is 0 Å². The van der Waals surface area contributed by atoms with Crippen molar-refractivity contribution >= 4 is 31.5 Å². The summed E-state index contributed by atoms with van der Waals surface area (Å²) in [4.78, 5) is 10.8. The van der Waals surface area contributed by atoms with E-state index in [4.69, 9.17) is 5.11 Å². The number of halogens is 1. The molecular formula is C9H10FNO6S2. The molecule has 0 heterocycles. The first-order valence-electron chi connectivity index (χ1n) is 4.71. The fourth-order valence-corrected chi connectivity index (χ4v) is 4.26. The molecule has 10 heteroatoms. The largest absolute Gasteiger partial charge is 0.478 e. The van der Waals surface area contributed by atoms with Gasteiger partial charge < -0.3 is 5.11 Å². The summed E-state index contributed by atoms with van der Waals surface area (Å²) in [5.41, 5.74) is -1.02. The Labute approximate surface area is 109 Å². The number of rotatable bonds is 5. The molecule has 1 aromatic carbocycles. The van der Waals surface area contributed by atoms with Crippen LogP contribution in [-0.4, -0.2) is 39.3 Å². The van der Waals surface area contributed by atoms with Crippen molar-refractivity contribution in [1.29, 1.82) is 0 Å². The molecule has 0 amide bonds. The number of anilines is 1. The fraction of sp³-hybridized carbons (Fsp3) is 0.222. The van der Waals surface area contributed by atoms with Gasteiger partial charge in [-0.15, -0.1) is 0 Å². The van der Waals surface area contributed by atoms with Crippen molar-refractivity contribution in [1.82, 2.24) is 0 Å². The lowest BCUT2D eigenvalue weighted by atomic mass is 10.2. The first kappa shape index (κ1) is 15.4. The summed E-state index contributed by atoms with van der Waals surface area (Å²) in [7, 11) is -8.10. The van der Waals surface area contributed by atoms with Crippen LogP contribution in [0.4, 0.5) is 10.1 Å². The predicted octanol–water partition coefficient (Wildman–Crippen LogP) is 0.268. The van der Waals surface area contributed by atoms with Crippen LogP contribution in [0, 0.1) is 5.82 Å². The molecule has 106 valence electrons. The molecule has 1 rings (SSSR count). The lowest BCUT2D eigenvalue weighted by molar-refractivity contribution is 0.0697. The van der Waals surface area contributed by atoms with Gasteiger partial charge in [-0.05, 0) is 18.2 Å². The standard InChI is InChI=1S/C9H10FNO6S2/c1-18(14,15)5-19(16,17)11-8-3-2-6(10)4-7(8)9(12)13/h2-4,11H,5H2,1H3,(H,12,13). The Morgan fingerprint density at radius 2 is 1.89 bits per heavy atom. The van der Waals surface area contributed by atoms with Crippen LogP contribution >= 0.6 is 0 Å². The third-order valence-electron chi connectivity index (χ3n) is 1.85. The maximum atomic E-state index is 12.9. The van der Waals surface area contributed by atoms with Gasteiger partial charge in [0.1, 0.15) is 5.82 Å². The van der Waals surface area contributed by atoms with Gasteiger partial charge in [-0.2, -0.15) is 0 Å². The lowest BCUT2D eigenvalue weighted by Crippen LogP contribution is -2.23. The van der Waals surface area contributed by atoms with Crippen LogP contribution in [0.25, 0.3) is 0 Å². The first-order chi connectivity index (χ1) is 8.50. The van der Waals surface area contributed by atoms with Crippen LogP contribution in [0.3, 0.4) is 0 Å². The van der Waals surface area contributed by atoms with E-state index >= 15 is 0 Å². The van der Waals surface area contributed by atoms with Crippen molar-refractivity contribution in [2.45, 2.75) is 0 Å². The maximum absolute atomic E-state index is 12.9. The molecule has 2 N–H and O–H groups in total. The SMILES string of the molecule is CS(=O)(=O)CS(=O)(=O)Nc1ccc(F)cc1C(=O)O. The topological polar surface area (TPSA) is 118 Å². The Bertz CT molecular complexity index is 710. The van der Waals surface area contributed by atoms with Crippen LogP contribution in [0.15, 0.2) is 18.2 Å². The minimum Gasteiger partial charge on any atom is -0.478 e. The highest BCUT2D eigenvalue weighted by atomic mass is 32.3. The van der Waals surface area contributed by atoms with Gasteiger partial charge in [0.2, 0.25) is 10.0 Å². The van der Waals surface area contributed by atoms with Crippen molar-refractivity contribution in [2.75, 3.05) is 16.1 Å². The molecule has 0 atom stereocenters. The van der Waals surface area contributed by atoms with Gasteiger partial charge in [-0.1, -0.05) is 0 Å². The van der Waals surface area contributed by atoms with Crippen LogP contribution < -0.4 is 4.72 Å². The van der Waals surface area contributed by atoms with Crippen LogP contribution in [0.2, 0.25) is 0 Å². The summed E-state index contributed by atoms with van der Waals surface area (Å²) >= 11 is 0. The minimum absolute atomic E-state index is 0.405. The summed E-state index contributed by atoms with van der Waals surface area (Å²) in [6, 6.07) is 2.38. The third kappa shape index (κ3) is 4.83. The number of hydrogen-bond acceptors (Lipinski definition) is 5. The number of aromatic carboxylic acids is 1. The molecule has 0 bridgehead atoms. The van der Waals surface area contributed by atoms with E-state index in [0.29, 0.717) is 6.07 Å². The van der Waals surface area contributed by atoms with Crippen molar-refractivity contribution in [3.63, 3.8) is 0 Å². The number of sulfone groups is 1. The third-order valence-corrected chi connectivity index (χ3v) is 5.33. The molecule has 0 fully saturated rings. The zero-order chi connectivity index (χ0) is 14.8. The zero-order valence-corrected chi connectivity index (χ0v) is 11.3. The molecule has 0 spiro atoms. The van der Waals surface area contributed by atoms with Crippen molar-refractivity contribution in [3.05, 3.63) is 29.6 Å². The quantitative estimate of drug-likeness (QED) is 0.806. The number of carboxylic acids is 1. The highest BCUT2D eigenvalue weighted by Crippen LogP contribution is 2.18. The van der Waals surface area contributed by atoms with E-state index in [1.54, 1.807) is 4.72 Å². The molecule has 0 radical (unpaired) electrons. The van der Waals surface area contributed by atoms with Crippen LogP contribution in [0.1, 0.15) is 10.4 Å². The first-order valence-corrected chi connectivity index (χ1v) is 8.42. The van der Waals surface area contributed by atoms with Gasteiger partial charge >= 0.3 is 5.97 Å². The summed E-state index contributed by atoms with van der Waals surface area (Å²) in [6.07, 6.45) is 0.717. The number of sulfonamides is 1. The van der Waals surface area contributed by atoms with E-state index < -0.39 is 48.0 Å². The molecule has 0 saturated heterocycles. The van der Waals surface area contributed by atoms with E-state index in [-0.39, 0.29) is 0 Å². The van der Waals surface area contributed by atoms with Crippen molar-refractivity contribution < 1.29 is 31.1 Å². The van der Waals surface area contributed by atoms with E-state index in [1.165, 1.54) is 0 Å². The van der Waals surface area contributed by atoms with Crippen molar-refractivity contribution in [2.24, 2.45) is 0 Å². The molecule has 0 aliphatic heterocycles. The van der Waals surface area contributed by atoms with Crippen LogP contribution in [0.5, 0.6) is 0 Å². The van der Waals surface area contributed by atoms with E-state index in [2.05, 4.69) is 0 Å². The minimum atomic E-state index is -4.28. The van der Waals surface area contributed by atoms with Gasteiger partial charge in [0.15, 0.2) is 14.9 Å². The second-order valence-electron chi connectivity index (χ2n) is 3.76. The number of carboxylic acid groups (broad SMARTS) is 1. The van der Waals surface area contributed by atoms with Gasteiger partial charge in [-0.3, -0.25) is 4.72 Å². The highest BCUT2D eigenvalue weighted by Gasteiger charge is 2.21. The predicted molar refractivity (Wildman–Crippen MR) is 65.6 cm³/mol. The maximum Gasteiger partial charge on any atom is 0.337 e. The molecule has 19 heavy (non-hydrogen) atoms. The Kier molecular flexibility index (Phi) is 4.15. The summed E-state index contributed by atoms with van der Waals surface area (Å²) in [5, 5.41) is 7.60. The lowest BCUT2D eigenvalue weighted by Gasteiger charge is -2.09. The van der Waals surface area contributed by atoms with Gasteiger partial charge in [0.05, 0.1) is 11.3 Å². The Hall–Kier alpha value is -1.68. The molecule has 0 aliphatic carbocycles.